The lowest BCUT2D eigenvalue weighted by atomic mass is 10.2. The monoisotopic (exact) mass is 216 g/mol. The van der Waals surface area contributed by atoms with Crippen LogP contribution < -0.4 is 0 Å². The third-order valence-corrected chi connectivity index (χ3v) is 1.53. The van der Waals surface area contributed by atoms with E-state index in [0.29, 0.717) is 12.0 Å². The molecule has 88 valence electrons. The number of hydrogen-bond donors (Lipinski definition) is 1. The highest BCUT2D eigenvalue weighted by atomic mass is 16.5. The number of carboxylic acid groups (broad SMARTS) is 1. The number of aliphatic carboxylic acids is 1. The zero-order chi connectivity index (χ0) is 12.3. The molecule has 0 atom stereocenters. The highest BCUT2D eigenvalue weighted by Gasteiger charge is 1.95. The Morgan fingerprint density at radius 3 is 2.07 bits per heavy atom. The molecule has 0 saturated heterocycles. The van der Waals surface area contributed by atoms with Gasteiger partial charge in [-0.25, -0.2) is 4.79 Å². The molecule has 0 saturated carbocycles. The third kappa shape index (κ3) is 15.4. The fraction of sp³-hybridized carbons (Fsp3) is 0.636. The van der Waals surface area contributed by atoms with Gasteiger partial charge in [0.15, 0.2) is 0 Å². The molecule has 0 aromatic carbocycles. The Morgan fingerprint density at radius 1 is 1.33 bits per heavy atom. The first-order chi connectivity index (χ1) is 6.95. The number of rotatable bonds is 5. The van der Waals surface area contributed by atoms with Crippen molar-refractivity contribution in [1.82, 2.24) is 0 Å². The van der Waals surface area contributed by atoms with Gasteiger partial charge in [0.2, 0.25) is 0 Å². The maximum Gasteiger partial charge on any atom is 0.332 e. The molecule has 0 spiro atoms. The van der Waals surface area contributed by atoms with Crippen LogP contribution in [0.25, 0.3) is 0 Å². The van der Waals surface area contributed by atoms with E-state index in [9.17, 15) is 9.59 Å². The van der Waals surface area contributed by atoms with E-state index in [-0.39, 0.29) is 5.97 Å². The van der Waals surface area contributed by atoms with Crippen molar-refractivity contribution in [2.75, 3.05) is 7.11 Å². The fourth-order valence-corrected chi connectivity index (χ4v) is 0.700. The van der Waals surface area contributed by atoms with E-state index in [0.717, 1.165) is 19.3 Å². The summed E-state index contributed by atoms with van der Waals surface area (Å²) in [6.07, 6.45) is 3.28. The second-order valence-corrected chi connectivity index (χ2v) is 3.12. The SMILES string of the molecule is C=C(C)C(=O)OC.CCCCCC(=O)O. The zero-order valence-electron chi connectivity index (χ0n) is 9.71. The number of carbonyl (C=O) groups is 2. The minimum Gasteiger partial charge on any atom is -0.481 e. The molecule has 0 aliphatic heterocycles. The van der Waals surface area contributed by atoms with E-state index in [1.807, 2.05) is 0 Å². The molecule has 15 heavy (non-hydrogen) atoms. The molecular formula is C11H20O4. The van der Waals surface area contributed by atoms with Gasteiger partial charge in [0.05, 0.1) is 7.11 Å². The third-order valence-electron chi connectivity index (χ3n) is 1.53. The predicted octanol–water partition coefficient (Wildman–Crippen LogP) is 2.39. The van der Waals surface area contributed by atoms with Gasteiger partial charge in [0.25, 0.3) is 0 Å². The number of methoxy groups -OCH3 is 1. The van der Waals surface area contributed by atoms with E-state index in [2.05, 4.69) is 18.2 Å². The molecule has 0 heterocycles. The molecular weight excluding hydrogens is 196 g/mol. The first-order valence-electron chi connectivity index (χ1n) is 4.91. The van der Waals surface area contributed by atoms with Crippen molar-refractivity contribution in [3.05, 3.63) is 12.2 Å². The fourth-order valence-electron chi connectivity index (χ4n) is 0.700. The number of carboxylic acids is 1. The predicted molar refractivity (Wildman–Crippen MR) is 58.6 cm³/mol. The Labute approximate surface area is 90.9 Å². The molecule has 0 aliphatic rings. The molecule has 1 N–H and O–H groups in total. The quantitative estimate of drug-likeness (QED) is 0.435. The van der Waals surface area contributed by atoms with Crippen LogP contribution in [-0.2, 0) is 14.3 Å². The summed E-state index contributed by atoms with van der Waals surface area (Å²) < 4.78 is 4.27. The van der Waals surface area contributed by atoms with Crippen LogP contribution in [0.2, 0.25) is 0 Å². The van der Waals surface area contributed by atoms with E-state index in [1.165, 1.54) is 7.11 Å². The summed E-state index contributed by atoms with van der Waals surface area (Å²) in [4.78, 5) is 20.1. The average molecular weight is 216 g/mol. The van der Waals surface area contributed by atoms with E-state index < -0.39 is 5.97 Å². The molecule has 0 amide bonds. The van der Waals surface area contributed by atoms with Crippen molar-refractivity contribution in [1.29, 1.82) is 0 Å². The van der Waals surface area contributed by atoms with E-state index >= 15 is 0 Å². The summed E-state index contributed by atoms with van der Waals surface area (Å²) in [7, 11) is 1.33. The van der Waals surface area contributed by atoms with Crippen LogP contribution in [0.4, 0.5) is 0 Å². The summed E-state index contributed by atoms with van der Waals surface area (Å²) in [5.41, 5.74) is 0.433. The van der Waals surface area contributed by atoms with Crippen LogP contribution in [0.1, 0.15) is 39.5 Å². The van der Waals surface area contributed by atoms with Gasteiger partial charge in [-0.05, 0) is 13.3 Å². The summed E-state index contributed by atoms with van der Waals surface area (Å²) in [5, 5.41) is 8.14. The summed E-state index contributed by atoms with van der Waals surface area (Å²) in [6, 6.07) is 0. The standard InChI is InChI=1S/C6H12O2.C5H8O2/c1-2-3-4-5-6(7)8;1-4(2)5(6)7-3/h2-5H2,1H3,(H,7,8);1H2,2-3H3. The van der Waals surface area contributed by atoms with Gasteiger partial charge in [-0.15, -0.1) is 0 Å². The minimum atomic E-state index is -0.682. The van der Waals surface area contributed by atoms with Gasteiger partial charge in [0.1, 0.15) is 0 Å². The molecule has 0 fully saturated rings. The Morgan fingerprint density at radius 2 is 1.87 bits per heavy atom. The van der Waals surface area contributed by atoms with Gasteiger partial charge >= 0.3 is 11.9 Å². The van der Waals surface area contributed by atoms with Crippen LogP contribution in [-0.4, -0.2) is 24.2 Å². The minimum absolute atomic E-state index is 0.327. The lowest BCUT2D eigenvalue weighted by molar-refractivity contribution is -0.137. The molecule has 0 aromatic heterocycles. The average Bonchev–Trinajstić information content (AvgIpc) is 2.17. The number of hydrogen-bond acceptors (Lipinski definition) is 3. The van der Waals surface area contributed by atoms with Crippen LogP contribution >= 0.6 is 0 Å². The molecule has 0 aromatic rings. The Hall–Kier alpha value is -1.32. The van der Waals surface area contributed by atoms with Crippen molar-refractivity contribution >= 4 is 11.9 Å². The molecule has 0 rings (SSSR count). The zero-order valence-corrected chi connectivity index (χ0v) is 9.71. The van der Waals surface area contributed by atoms with Gasteiger partial charge in [-0.1, -0.05) is 26.3 Å². The van der Waals surface area contributed by atoms with Crippen molar-refractivity contribution < 1.29 is 19.4 Å². The van der Waals surface area contributed by atoms with Crippen LogP contribution in [0.15, 0.2) is 12.2 Å². The lowest BCUT2D eigenvalue weighted by Crippen LogP contribution is -1.98. The van der Waals surface area contributed by atoms with Gasteiger partial charge in [0, 0.05) is 12.0 Å². The Balaban J connectivity index is 0. The van der Waals surface area contributed by atoms with E-state index in [4.69, 9.17) is 5.11 Å². The summed E-state index contributed by atoms with van der Waals surface area (Å²) >= 11 is 0. The highest BCUT2D eigenvalue weighted by molar-refractivity contribution is 5.86. The smallest absolute Gasteiger partial charge is 0.332 e. The second kappa shape index (κ2) is 10.8. The largest absolute Gasteiger partial charge is 0.481 e. The van der Waals surface area contributed by atoms with Crippen LogP contribution in [0, 0.1) is 0 Å². The number of esters is 1. The van der Waals surface area contributed by atoms with Crippen molar-refractivity contribution in [3.8, 4) is 0 Å². The van der Waals surface area contributed by atoms with Gasteiger partial charge in [-0.3, -0.25) is 4.79 Å². The van der Waals surface area contributed by atoms with Crippen molar-refractivity contribution in [3.63, 3.8) is 0 Å². The van der Waals surface area contributed by atoms with Crippen molar-refractivity contribution in [2.24, 2.45) is 0 Å². The Kier molecular flexibility index (Phi) is 11.6. The van der Waals surface area contributed by atoms with Crippen molar-refractivity contribution in [2.45, 2.75) is 39.5 Å². The normalized spacial score (nSPS) is 8.47. The number of unbranched alkanes of at least 4 members (excludes halogenated alkanes) is 2. The Bertz CT molecular complexity index is 209. The van der Waals surface area contributed by atoms with Crippen LogP contribution in [0.3, 0.4) is 0 Å². The molecule has 0 bridgehead atoms. The summed E-state index contributed by atoms with van der Waals surface area (Å²) in [6.45, 7) is 7.01. The molecule has 0 aliphatic carbocycles. The molecule has 0 unspecified atom stereocenters. The van der Waals surface area contributed by atoms with E-state index in [1.54, 1.807) is 6.92 Å². The second-order valence-electron chi connectivity index (χ2n) is 3.12. The van der Waals surface area contributed by atoms with Gasteiger partial charge < -0.3 is 9.84 Å². The topological polar surface area (TPSA) is 63.6 Å². The molecule has 4 heteroatoms. The number of carbonyl (C=O) groups excluding carboxylic acids is 1. The number of ether oxygens (including phenoxy) is 1. The highest BCUT2D eigenvalue weighted by Crippen LogP contribution is 1.97. The summed E-state index contributed by atoms with van der Waals surface area (Å²) in [5.74, 6) is -1.03. The molecule has 4 nitrogen and oxygen atoms in total. The first-order valence-corrected chi connectivity index (χ1v) is 4.91. The first kappa shape index (κ1) is 16.1. The lowest BCUT2D eigenvalue weighted by Gasteiger charge is -1.91. The maximum atomic E-state index is 10.2. The maximum absolute atomic E-state index is 10.2. The van der Waals surface area contributed by atoms with Gasteiger partial charge in [-0.2, -0.15) is 0 Å². The van der Waals surface area contributed by atoms with Crippen LogP contribution in [0.5, 0.6) is 0 Å². The molecule has 0 radical (unpaired) electrons.